The highest BCUT2D eigenvalue weighted by atomic mass is 16.2. The summed E-state index contributed by atoms with van der Waals surface area (Å²) in [6.45, 7) is 4.85. The van der Waals surface area contributed by atoms with Crippen LogP contribution in [0.5, 0.6) is 0 Å². The summed E-state index contributed by atoms with van der Waals surface area (Å²) in [5, 5.41) is 11.7. The van der Waals surface area contributed by atoms with Crippen LogP contribution >= 0.6 is 0 Å². The summed E-state index contributed by atoms with van der Waals surface area (Å²) in [4.78, 5) is 15.9. The number of hydrogen-bond acceptors (Lipinski definition) is 5. The van der Waals surface area contributed by atoms with Crippen molar-refractivity contribution in [2.24, 2.45) is 0 Å². The number of hydrogen-bond donors (Lipinski definition) is 1. The Morgan fingerprint density at radius 1 is 1.32 bits per heavy atom. The molecule has 2 fully saturated rings. The van der Waals surface area contributed by atoms with Crippen LogP contribution in [0.15, 0.2) is 18.3 Å². The van der Waals surface area contributed by atoms with Crippen LogP contribution in [0.2, 0.25) is 0 Å². The summed E-state index contributed by atoms with van der Waals surface area (Å²) in [6.07, 6.45) is 6.93. The van der Waals surface area contributed by atoms with Crippen molar-refractivity contribution < 1.29 is 4.79 Å². The van der Waals surface area contributed by atoms with Gasteiger partial charge in [0.2, 0.25) is 5.91 Å². The number of amides is 1. The third-order valence-electron chi connectivity index (χ3n) is 4.56. The molecule has 2 aliphatic rings. The molecular weight excluding hydrogens is 278 g/mol. The number of carbonyl (C=O) groups is 1. The maximum Gasteiger partial charge on any atom is 0.222 e. The molecule has 1 atom stereocenters. The Bertz CT molecular complexity index is 481. The minimum Gasteiger partial charge on any atom is -0.351 e. The molecule has 0 aliphatic carbocycles. The summed E-state index contributed by atoms with van der Waals surface area (Å²) < 4.78 is 0. The molecule has 3 heterocycles. The highest BCUT2D eigenvalue weighted by Crippen LogP contribution is 2.22. The van der Waals surface area contributed by atoms with Gasteiger partial charge >= 0.3 is 0 Å². The first-order valence-electron chi connectivity index (χ1n) is 8.37. The largest absolute Gasteiger partial charge is 0.351 e. The summed E-state index contributed by atoms with van der Waals surface area (Å²) in [5.41, 5.74) is 0. The second-order valence-electron chi connectivity index (χ2n) is 6.11. The van der Waals surface area contributed by atoms with Gasteiger partial charge < -0.3 is 15.1 Å². The van der Waals surface area contributed by atoms with Crippen LogP contribution in [0.4, 0.5) is 5.82 Å². The van der Waals surface area contributed by atoms with E-state index in [0.717, 1.165) is 57.8 Å². The molecule has 6 nitrogen and oxygen atoms in total. The third kappa shape index (κ3) is 3.74. The van der Waals surface area contributed by atoms with Crippen LogP contribution in [0, 0.1) is 0 Å². The molecule has 1 N–H and O–H groups in total. The highest BCUT2D eigenvalue weighted by Gasteiger charge is 2.25. The first-order chi connectivity index (χ1) is 10.8. The van der Waals surface area contributed by atoms with E-state index in [0.29, 0.717) is 11.9 Å². The molecule has 2 aliphatic heterocycles. The van der Waals surface area contributed by atoms with Gasteiger partial charge in [-0.25, -0.2) is 0 Å². The Kier molecular flexibility index (Phi) is 5.21. The van der Waals surface area contributed by atoms with E-state index in [4.69, 9.17) is 0 Å². The van der Waals surface area contributed by atoms with Gasteiger partial charge in [0.15, 0.2) is 5.82 Å². The molecule has 2 saturated heterocycles. The van der Waals surface area contributed by atoms with Crippen molar-refractivity contribution in [3.63, 3.8) is 0 Å². The predicted molar refractivity (Wildman–Crippen MR) is 85.7 cm³/mol. The number of carbonyl (C=O) groups excluding carboxylic acids is 1. The van der Waals surface area contributed by atoms with Gasteiger partial charge in [-0.1, -0.05) is 0 Å². The van der Waals surface area contributed by atoms with Gasteiger partial charge in [-0.2, -0.15) is 5.10 Å². The van der Waals surface area contributed by atoms with Crippen LogP contribution < -0.4 is 10.2 Å². The zero-order valence-corrected chi connectivity index (χ0v) is 13.1. The second-order valence-corrected chi connectivity index (χ2v) is 6.11. The van der Waals surface area contributed by atoms with Crippen molar-refractivity contribution in [2.75, 3.05) is 37.6 Å². The summed E-state index contributed by atoms with van der Waals surface area (Å²) in [7, 11) is 0. The van der Waals surface area contributed by atoms with Gasteiger partial charge in [-0.3, -0.25) is 4.79 Å². The van der Waals surface area contributed by atoms with E-state index in [2.05, 4.69) is 20.4 Å². The highest BCUT2D eigenvalue weighted by molar-refractivity contribution is 5.77. The normalized spacial score (nSPS) is 21.8. The fraction of sp³-hybridized carbons (Fsp3) is 0.688. The monoisotopic (exact) mass is 303 g/mol. The quantitative estimate of drug-likeness (QED) is 0.763. The Morgan fingerprint density at radius 3 is 3.05 bits per heavy atom. The molecule has 0 saturated carbocycles. The van der Waals surface area contributed by atoms with Crippen molar-refractivity contribution >= 4 is 11.7 Å². The van der Waals surface area contributed by atoms with Crippen molar-refractivity contribution in [3.05, 3.63) is 18.3 Å². The molecule has 0 radical (unpaired) electrons. The fourth-order valence-electron chi connectivity index (χ4n) is 3.40. The topological polar surface area (TPSA) is 61.4 Å². The standard InChI is InChI=1S/C16H25N5O/c22-16-7-3-10-20(16)11-4-8-17-13-14-5-2-12-21(14)15-6-1-9-18-19-15/h1,6,9,14,17H,2-5,7-8,10-13H2. The lowest BCUT2D eigenvalue weighted by atomic mass is 10.2. The minimum absolute atomic E-state index is 0.324. The smallest absolute Gasteiger partial charge is 0.222 e. The second kappa shape index (κ2) is 7.54. The average molecular weight is 303 g/mol. The Morgan fingerprint density at radius 2 is 2.27 bits per heavy atom. The Labute approximate surface area is 131 Å². The first kappa shape index (κ1) is 15.2. The van der Waals surface area contributed by atoms with E-state index in [-0.39, 0.29) is 0 Å². The lowest BCUT2D eigenvalue weighted by Crippen LogP contribution is -2.39. The molecule has 1 aromatic rings. The molecule has 1 aromatic heterocycles. The van der Waals surface area contributed by atoms with E-state index < -0.39 is 0 Å². The lowest BCUT2D eigenvalue weighted by Gasteiger charge is -2.25. The molecule has 22 heavy (non-hydrogen) atoms. The zero-order chi connectivity index (χ0) is 15.2. The maximum absolute atomic E-state index is 11.5. The summed E-state index contributed by atoms with van der Waals surface area (Å²) in [6, 6.07) is 4.48. The van der Waals surface area contributed by atoms with Crippen LogP contribution in [0.3, 0.4) is 0 Å². The third-order valence-corrected chi connectivity index (χ3v) is 4.56. The van der Waals surface area contributed by atoms with Crippen LogP contribution in [0.25, 0.3) is 0 Å². The van der Waals surface area contributed by atoms with Crippen molar-refractivity contribution in [2.45, 2.75) is 38.1 Å². The lowest BCUT2D eigenvalue weighted by molar-refractivity contribution is -0.127. The zero-order valence-electron chi connectivity index (χ0n) is 13.1. The number of nitrogens with one attached hydrogen (secondary N) is 1. The first-order valence-corrected chi connectivity index (χ1v) is 8.37. The van der Waals surface area contributed by atoms with Crippen LogP contribution in [-0.4, -0.2) is 59.8 Å². The van der Waals surface area contributed by atoms with E-state index >= 15 is 0 Å². The number of rotatable bonds is 7. The van der Waals surface area contributed by atoms with Gasteiger partial charge in [-0.15, -0.1) is 5.10 Å². The van der Waals surface area contributed by atoms with Crippen molar-refractivity contribution in [1.82, 2.24) is 20.4 Å². The molecular formula is C16H25N5O. The van der Waals surface area contributed by atoms with E-state index in [9.17, 15) is 4.79 Å². The Hall–Kier alpha value is -1.69. The van der Waals surface area contributed by atoms with Gasteiger partial charge in [-0.05, 0) is 44.4 Å². The fourth-order valence-corrected chi connectivity index (χ4v) is 3.40. The van der Waals surface area contributed by atoms with E-state index in [1.165, 1.54) is 12.8 Å². The molecule has 0 spiro atoms. The molecule has 0 aromatic carbocycles. The average Bonchev–Trinajstić information content (AvgIpc) is 3.17. The van der Waals surface area contributed by atoms with E-state index in [1.807, 2.05) is 17.0 Å². The SMILES string of the molecule is O=C1CCCN1CCCNCC1CCCN1c1cccnn1. The summed E-state index contributed by atoms with van der Waals surface area (Å²) >= 11 is 0. The molecule has 1 unspecified atom stereocenters. The van der Waals surface area contributed by atoms with Gasteiger partial charge in [0, 0.05) is 44.8 Å². The number of aromatic nitrogens is 2. The van der Waals surface area contributed by atoms with Crippen molar-refractivity contribution in [1.29, 1.82) is 0 Å². The van der Waals surface area contributed by atoms with Gasteiger partial charge in [0.1, 0.15) is 0 Å². The Balaban J connectivity index is 1.37. The molecule has 0 bridgehead atoms. The van der Waals surface area contributed by atoms with Crippen LogP contribution in [0.1, 0.15) is 32.1 Å². The van der Waals surface area contributed by atoms with Crippen molar-refractivity contribution in [3.8, 4) is 0 Å². The van der Waals surface area contributed by atoms with Crippen LogP contribution in [-0.2, 0) is 4.79 Å². The number of anilines is 1. The van der Waals surface area contributed by atoms with Gasteiger partial charge in [0.25, 0.3) is 0 Å². The number of nitrogens with zero attached hydrogens (tertiary/aromatic N) is 4. The predicted octanol–water partition coefficient (Wildman–Crippen LogP) is 1.05. The molecule has 3 rings (SSSR count). The molecule has 120 valence electrons. The molecule has 6 heteroatoms. The van der Waals surface area contributed by atoms with Gasteiger partial charge in [0.05, 0.1) is 0 Å². The number of likely N-dealkylation sites (tertiary alicyclic amines) is 1. The van der Waals surface area contributed by atoms with E-state index in [1.54, 1.807) is 6.20 Å². The summed E-state index contributed by atoms with van der Waals surface area (Å²) in [5.74, 6) is 1.30. The molecule has 1 amide bonds. The maximum atomic E-state index is 11.5. The minimum atomic E-state index is 0.324.